The van der Waals surface area contributed by atoms with Crippen molar-refractivity contribution in [3.8, 4) is 22.8 Å². The maximum Gasteiger partial charge on any atom is 0.319 e. The smallest absolute Gasteiger partial charge is 0.319 e. The summed E-state index contributed by atoms with van der Waals surface area (Å²) in [5.41, 5.74) is 2.96. The minimum atomic E-state index is -0.393. The van der Waals surface area contributed by atoms with E-state index in [-0.39, 0.29) is 5.97 Å². The molecule has 0 fully saturated rings. The number of thioether (sulfide) groups is 1. The summed E-state index contributed by atoms with van der Waals surface area (Å²) in [6.07, 6.45) is 0. The number of carbonyl (C=O) groups is 1. The molecule has 0 spiro atoms. The van der Waals surface area contributed by atoms with Crippen LogP contribution in [0.4, 0.5) is 0 Å². The van der Waals surface area contributed by atoms with Gasteiger partial charge in [0.05, 0.1) is 19.4 Å². The van der Waals surface area contributed by atoms with Gasteiger partial charge in [0, 0.05) is 5.56 Å². The lowest BCUT2D eigenvalue weighted by Crippen LogP contribution is -2.17. The standard InChI is InChI=1S/C21H23N3O3S/c1-5-27-20(25)15(3)28-21-23-22-19(16-10-12-17(26-4)13-11-16)24(21)18-9-7-6-8-14(18)2/h6-13,15H,5H2,1-4H3. The lowest BCUT2D eigenvalue weighted by molar-refractivity contribution is -0.142. The van der Waals surface area contributed by atoms with Crippen molar-refractivity contribution in [3.63, 3.8) is 0 Å². The zero-order valence-corrected chi connectivity index (χ0v) is 17.2. The quantitative estimate of drug-likeness (QED) is 0.438. The van der Waals surface area contributed by atoms with Crippen LogP contribution in [-0.4, -0.2) is 39.7 Å². The fraction of sp³-hybridized carbons (Fsp3) is 0.286. The molecule has 0 bridgehead atoms. The molecule has 0 saturated heterocycles. The maximum atomic E-state index is 12.1. The molecular weight excluding hydrogens is 374 g/mol. The van der Waals surface area contributed by atoms with Gasteiger partial charge < -0.3 is 9.47 Å². The van der Waals surface area contributed by atoms with Crippen LogP contribution in [-0.2, 0) is 9.53 Å². The molecule has 0 saturated carbocycles. The van der Waals surface area contributed by atoms with Gasteiger partial charge in [-0.25, -0.2) is 0 Å². The Balaban J connectivity index is 2.07. The highest BCUT2D eigenvalue weighted by atomic mass is 32.2. The molecule has 2 aromatic carbocycles. The Kier molecular flexibility index (Phi) is 6.36. The number of methoxy groups -OCH3 is 1. The van der Waals surface area contributed by atoms with E-state index in [1.54, 1.807) is 14.0 Å². The summed E-state index contributed by atoms with van der Waals surface area (Å²) in [7, 11) is 1.64. The van der Waals surface area contributed by atoms with Gasteiger partial charge in [-0.3, -0.25) is 9.36 Å². The summed E-state index contributed by atoms with van der Waals surface area (Å²) in [4.78, 5) is 12.1. The van der Waals surface area contributed by atoms with Crippen molar-refractivity contribution in [2.24, 2.45) is 0 Å². The zero-order valence-electron chi connectivity index (χ0n) is 16.4. The van der Waals surface area contributed by atoms with Gasteiger partial charge in [0.15, 0.2) is 11.0 Å². The molecule has 7 heteroatoms. The van der Waals surface area contributed by atoms with Gasteiger partial charge in [-0.2, -0.15) is 0 Å². The third-order valence-electron chi connectivity index (χ3n) is 4.24. The van der Waals surface area contributed by atoms with Crippen LogP contribution in [0, 0.1) is 6.92 Å². The van der Waals surface area contributed by atoms with Gasteiger partial charge in [-0.1, -0.05) is 30.0 Å². The Hall–Kier alpha value is -2.80. The number of carbonyl (C=O) groups excluding carboxylic acids is 1. The fourth-order valence-corrected chi connectivity index (χ4v) is 3.63. The first-order chi connectivity index (χ1) is 13.5. The number of nitrogens with zero attached hydrogens (tertiary/aromatic N) is 3. The number of rotatable bonds is 7. The topological polar surface area (TPSA) is 66.2 Å². The number of para-hydroxylation sites is 1. The lowest BCUT2D eigenvalue weighted by atomic mass is 10.1. The second kappa shape index (κ2) is 8.93. The number of hydrogen-bond donors (Lipinski definition) is 0. The summed E-state index contributed by atoms with van der Waals surface area (Å²) in [5.74, 6) is 1.21. The Bertz CT molecular complexity index is 954. The van der Waals surface area contributed by atoms with E-state index in [1.807, 2.05) is 66.9 Å². The van der Waals surface area contributed by atoms with E-state index in [1.165, 1.54) is 11.8 Å². The lowest BCUT2D eigenvalue weighted by Gasteiger charge is -2.15. The number of aryl methyl sites for hydroxylation is 1. The molecule has 1 atom stereocenters. The van der Waals surface area contributed by atoms with Gasteiger partial charge in [-0.15, -0.1) is 10.2 Å². The average Bonchev–Trinajstić information content (AvgIpc) is 3.11. The van der Waals surface area contributed by atoms with Gasteiger partial charge in [0.1, 0.15) is 11.0 Å². The molecule has 146 valence electrons. The molecule has 3 aromatic rings. The normalized spacial score (nSPS) is 11.9. The minimum Gasteiger partial charge on any atom is -0.497 e. The molecule has 0 aliphatic carbocycles. The SMILES string of the molecule is CCOC(=O)C(C)Sc1nnc(-c2ccc(OC)cc2)n1-c1ccccc1C. The van der Waals surface area contributed by atoms with Crippen LogP contribution in [0.5, 0.6) is 5.75 Å². The van der Waals surface area contributed by atoms with Crippen molar-refractivity contribution in [2.75, 3.05) is 13.7 Å². The Morgan fingerprint density at radius 1 is 1.14 bits per heavy atom. The highest BCUT2D eigenvalue weighted by Crippen LogP contribution is 2.32. The number of benzene rings is 2. The van der Waals surface area contributed by atoms with Crippen LogP contribution in [0.15, 0.2) is 53.7 Å². The Morgan fingerprint density at radius 3 is 2.50 bits per heavy atom. The summed E-state index contributed by atoms with van der Waals surface area (Å²) < 4.78 is 12.4. The zero-order chi connectivity index (χ0) is 20.1. The molecule has 0 aliphatic rings. The predicted octanol–water partition coefficient (Wildman–Crippen LogP) is 4.30. The minimum absolute atomic E-state index is 0.266. The van der Waals surface area contributed by atoms with E-state index in [9.17, 15) is 4.79 Å². The van der Waals surface area contributed by atoms with Crippen LogP contribution in [0.3, 0.4) is 0 Å². The molecule has 28 heavy (non-hydrogen) atoms. The van der Waals surface area contributed by atoms with Crippen molar-refractivity contribution >= 4 is 17.7 Å². The van der Waals surface area contributed by atoms with Crippen molar-refractivity contribution < 1.29 is 14.3 Å². The van der Waals surface area contributed by atoms with Gasteiger partial charge in [0.25, 0.3) is 0 Å². The van der Waals surface area contributed by atoms with Gasteiger partial charge in [-0.05, 0) is 56.7 Å². The van der Waals surface area contributed by atoms with Gasteiger partial charge >= 0.3 is 5.97 Å². The first-order valence-electron chi connectivity index (χ1n) is 9.04. The highest BCUT2D eigenvalue weighted by molar-refractivity contribution is 8.00. The van der Waals surface area contributed by atoms with E-state index in [0.717, 1.165) is 22.6 Å². The highest BCUT2D eigenvalue weighted by Gasteiger charge is 2.23. The number of esters is 1. The molecule has 3 rings (SSSR count). The largest absolute Gasteiger partial charge is 0.497 e. The van der Waals surface area contributed by atoms with Crippen LogP contribution in [0.2, 0.25) is 0 Å². The van der Waals surface area contributed by atoms with E-state index in [2.05, 4.69) is 10.2 Å². The molecule has 0 N–H and O–H groups in total. The van der Waals surface area contributed by atoms with Crippen LogP contribution >= 0.6 is 11.8 Å². The third kappa shape index (κ3) is 4.20. The molecule has 0 aliphatic heterocycles. The average molecular weight is 398 g/mol. The molecule has 1 unspecified atom stereocenters. The first kappa shape index (κ1) is 19.9. The van der Waals surface area contributed by atoms with E-state index in [0.29, 0.717) is 17.6 Å². The Labute approximate surface area is 168 Å². The van der Waals surface area contributed by atoms with E-state index in [4.69, 9.17) is 9.47 Å². The summed E-state index contributed by atoms with van der Waals surface area (Å²) in [6, 6.07) is 15.7. The summed E-state index contributed by atoms with van der Waals surface area (Å²) in [6.45, 7) is 6.00. The van der Waals surface area contributed by atoms with Crippen LogP contribution in [0.25, 0.3) is 17.1 Å². The van der Waals surface area contributed by atoms with Crippen LogP contribution < -0.4 is 4.74 Å². The Morgan fingerprint density at radius 2 is 1.86 bits per heavy atom. The van der Waals surface area contributed by atoms with Crippen molar-refractivity contribution in [3.05, 3.63) is 54.1 Å². The number of ether oxygens (including phenoxy) is 2. The number of hydrogen-bond acceptors (Lipinski definition) is 6. The van der Waals surface area contributed by atoms with Crippen molar-refractivity contribution in [2.45, 2.75) is 31.2 Å². The maximum absolute atomic E-state index is 12.1. The molecule has 1 aromatic heterocycles. The van der Waals surface area contributed by atoms with E-state index >= 15 is 0 Å². The predicted molar refractivity (Wildman–Crippen MR) is 110 cm³/mol. The molecular formula is C21H23N3O3S. The van der Waals surface area contributed by atoms with Gasteiger partial charge in [0.2, 0.25) is 0 Å². The van der Waals surface area contributed by atoms with E-state index < -0.39 is 5.25 Å². The second-order valence-corrected chi connectivity index (χ2v) is 7.48. The molecule has 0 amide bonds. The second-order valence-electron chi connectivity index (χ2n) is 6.17. The molecule has 6 nitrogen and oxygen atoms in total. The summed E-state index contributed by atoms with van der Waals surface area (Å²) in [5, 5.41) is 9.04. The summed E-state index contributed by atoms with van der Waals surface area (Å²) >= 11 is 1.34. The monoisotopic (exact) mass is 397 g/mol. The molecule has 1 heterocycles. The fourth-order valence-electron chi connectivity index (χ4n) is 2.77. The van der Waals surface area contributed by atoms with Crippen molar-refractivity contribution in [1.29, 1.82) is 0 Å². The number of aromatic nitrogens is 3. The van der Waals surface area contributed by atoms with Crippen molar-refractivity contribution in [1.82, 2.24) is 14.8 Å². The third-order valence-corrected chi connectivity index (χ3v) is 5.26. The first-order valence-corrected chi connectivity index (χ1v) is 9.92. The van der Waals surface area contributed by atoms with Crippen LogP contribution in [0.1, 0.15) is 19.4 Å². The molecule has 0 radical (unpaired) electrons.